The highest BCUT2D eigenvalue weighted by Crippen LogP contribution is 2.24. The Hall–Kier alpha value is -6.12. The van der Waals surface area contributed by atoms with Gasteiger partial charge in [0.25, 0.3) is 0 Å². The van der Waals surface area contributed by atoms with Crippen LogP contribution in [-0.2, 0) is 38.5 Å². The predicted octanol–water partition coefficient (Wildman–Crippen LogP) is 5.95. The molecule has 6 rings (SSSR count). The lowest BCUT2D eigenvalue weighted by atomic mass is 10.1. The van der Waals surface area contributed by atoms with E-state index >= 15 is 0 Å². The van der Waals surface area contributed by atoms with Crippen LogP contribution in [0.3, 0.4) is 0 Å². The Morgan fingerprint density at radius 3 is 1.16 bits per heavy atom. The number of aromatic hydroxyl groups is 6. The molecule has 0 saturated heterocycles. The maximum Gasteiger partial charge on any atom is 0.157 e. The number of rotatable bonds is 13. The number of phenols is 6. The van der Waals surface area contributed by atoms with Crippen LogP contribution in [0.4, 0.5) is 0 Å². The van der Waals surface area contributed by atoms with Crippen LogP contribution in [0.25, 0.3) is 0 Å². The zero-order valence-electron chi connectivity index (χ0n) is 34.4. The van der Waals surface area contributed by atoms with Crippen molar-refractivity contribution < 1.29 is 61.3 Å². The molecule has 0 aliphatic carbocycles. The van der Waals surface area contributed by atoms with Gasteiger partial charge < -0.3 is 61.3 Å². The summed E-state index contributed by atoms with van der Waals surface area (Å²) in [5.74, 6) is 0.796. The molecule has 12 N–H and O–H groups in total. The molecule has 6 aromatic rings. The molecule has 0 unspecified atom stereocenters. The zero-order chi connectivity index (χ0) is 45.1. The van der Waals surface area contributed by atoms with Crippen molar-refractivity contribution in [1.82, 2.24) is 0 Å². The third-order valence-corrected chi connectivity index (χ3v) is 8.26. The average molecular weight is 843 g/mol. The second-order valence-electron chi connectivity index (χ2n) is 13.1. The highest BCUT2D eigenvalue weighted by Gasteiger charge is 1.99. The lowest BCUT2D eigenvalue weighted by Gasteiger charge is -2.00. The first kappa shape index (κ1) is 52.9. The van der Waals surface area contributed by atoms with Crippen molar-refractivity contribution in [3.05, 3.63) is 179 Å². The lowest BCUT2D eigenvalue weighted by Crippen LogP contribution is -1.89. The molecule has 61 heavy (non-hydrogen) atoms. The van der Waals surface area contributed by atoms with Gasteiger partial charge in [-0.3, -0.25) is 0 Å². The van der Waals surface area contributed by atoms with Gasteiger partial charge in [0, 0.05) is 39.6 Å². The number of phenolic OH excluding ortho intramolecular Hbond substituents is 6. The standard InChI is InChI=1S/C9H12O2.C8H10O3.3C8H10O2.C8H10O/c10-7-1-2-8-3-5-9(11)6-4-8;9-4-3-6-1-2-7(10)8(11)5-6;9-6-5-7-1-3-8(10)4-2-7;9-5-4-7-2-1-3-8(10)6-7;9-6-5-7-3-1-2-4-8(7)10;9-7-6-8-4-2-1-3-5-8/h3-6,10-11H,1-2,7H2;1-2,5,9-11H,3-4H2;1-4,9-10H,5-6H2;1-3,6,9-10H,4-5H2;1-4,9-10H,5-6H2;1-5,9H,6-7H2. The van der Waals surface area contributed by atoms with Gasteiger partial charge >= 0.3 is 0 Å². The van der Waals surface area contributed by atoms with Gasteiger partial charge in [0.2, 0.25) is 0 Å². The number of para-hydroxylation sites is 1. The minimum atomic E-state index is -0.143. The van der Waals surface area contributed by atoms with Gasteiger partial charge in [0.05, 0.1) is 0 Å². The number of aliphatic hydroxyl groups is 6. The number of aryl methyl sites for hydroxylation is 1. The smallest absolute Gasteiger partial charge is 0.157 e. The third kappa shape index (κ3) is 25.9. The van der Waals surface area contributed by atoms with Crippen LogP contribution in [0, 0.1) is 0 Å². The first-order valence-corrected chi connectivity index (χ1v) is 19.8. The second kappa shape index (κ2) is 33.7. The van der Waals surface area contributed by atoms with Gasteiger partial charge in [-0.25, -0.2) is 0 Å². The normalized spacial score (nSPS) is 9.74. The Kier molecular flexibility index (Phi) is 29.2. The van der Waals surface area contributed by atoms with Crippen molar-refractivity contribution in [1.29, 1.82) is 0 Å². The summed E-state index contributed by atoms with van der Waals surface area (Å²) in [6.07, 6.45) is 4.69. The highest BCUT2D eigenvalue weighted by atomic mass is 16.3. The summed E-state index contributed by atoms with van der Waals surface area (Å²) in [5.41, 5.74) is 5.95. The second-order valence-corrected chi connectivity index (χ2v) is 13.1. The third-order valence-electron chi connectivity index (χ3n) is 8.26. The van der Waals surface area contributed by atoms with Gasteiger partial charge in [-0.2, -0.15) is 0 Å². The SMILES string of the molecule is OCCCc1ccc(O)cc1.OCCc1ccc(O)c(O)c1.OCCc1ccc(O)cc1.OCCc1cccc(O)c1.OCCc1ccccc1.OCCc1ccccc1O. The Bertz CT molecular complexity index is 1950. The topological polar surface area (TPSA) is 243 Å². The number of benzene rings is 6. The molecule has 0 spiro atoms. The van der Waals surface area contributed by atoms with Crippen molar-refractivity contribution in [2.24, 2.45) is 0 Å². The molecule has 0 aliphatic heterocycles. The molecule has 0 fully saturated rings. The maximum absolute atomic E-state index is 9.13. The van der Waals surface area contributed by atoms with Crippen LogP contribution < -0.4 is 0 Å². The fourth-order valence-electron chi connectivity index (χ4n) is 5.05. The molecule has 0 atom stereocenters. The summed E-state index contributed by atoms with van der Waals surface area (Å²) in [6.45, 7) is 0.876. The molecule has 0 radical (unpaired) electrons. The molecule has 12 heteroatoms. The lowest BCUT2D eigenvalue weighted by molar-refractivity contribution is 0.288. The highest BCUT2D eigenvalue weighted by molar-refractivity contribution is 5.40. The van der Waals surface area contributed by atoms with Crippen molar-refractivity contribution in [2.75, 3.05) is 39.6 Å². The van der Waals surface area contributed by atoms with E-state index in [0.29, 0.717) is 25.7 Å². The molecule has 0 bridgehead atoms. The minimum Gasteiger partial charge on any atom is -0.508 e. The monoisotopic (exact) mass is 842 g/mol. The molecule has 0 heterocycles. The summed E-state index contributed by atoms with van der Waals surface area (Å²) in [7, 11) is 0. The van der Waals surface area contributed by atoms with Crippen molar-refractivity contribution in [3.8, 4) is 34.5 Å². The Morgan fingerprint density at radius 2 is 0.689 bits per heavy atom. The summed E-state index contributed by atoms with van der Waals surface area (Å²) >= 11 is 0. The summed E-state index contributed by atoms with van der Waals surface area (Å²) in [5, 5.41) is 105. The molecule has 0 saturated carbocycles. The molecule has 12 nitrogen and oxygen atoms in total. The van der Waals surface area contributed by atoms with E-state index in [1.165, 1.54) is 17.7 Å². The quantitative estimate of drug-likeness (QED) is 0.0604. The molecule has 0 amide bonds. The van der Waals surface area contributed by atoms with E-state index in [2.05, 4.69) is 0 Å². The summed E-state index contributed by atoms with van der Waals surface area (Å²) < 4.78 is 0. The van der Waals surface area contributed by atoms with Crippen LogP contribution in [0.15, 0.2) is 146 Å². The number of hydrogen-bond donors (Lipinski definition) is 12. The Morgan fingerprint density at radius 1 is 0.262 bits per heavy atom. The first-order chi connectivity index (χ1) is 29.5. The minimum absolute atomic E-state index is 0.0458. The van der Waals surface area contributed by atoms with Crippen LogP contribution >= 0.6 is 0 Å². The molecule has 330 valence electrons. The van der Waals surface area contributed by atoms with Crippen molar-refractivity contribution in [2.45, 2.75) is 44.9 Å². The predicted molar refractivity (Wildman–Crippen MR) is 238 cm³/mol. The number of hydrogen-bond acceptors (Lipinski definition) is 12. The van der Waals surface area contributed by atoms with Gasteiger partial charge in [-0.15, -0.1) is 0 Å². The van der Waals surface area contributed by atoms with Gasteiger partial charge in [0.15, 0.2) is 11.5 Å². The molecule has 0 aliphatic rings. The van der Waals surface area contributed by atoms with Gasteiger partial charge in [-0.1, -0.05) is 91.0 Å². The van der Waals surface area contributed by atoms with Crippen LogP contribution in [-0.4, -0.2) is 101 Å². The van der Waals surface area contributed by atoms with E-state index in [1.54, 1.807) is 78.9 Å². The number of aliphatic hydroxyl groups excluding tert-OH is 6. The van der Waals surface area contributed by atoms with Crippen LogP contribution in [0.2, 0.25) is 0 Å². The van der Waals surface area contributed by atoms with E-state index in [9.17, 15) is 0 Å². The molecular weight excluding hydrogens is 781 g/mol. The largest absolute Gasteiger partial charge is 0.508 e. The zero-order valence-corrected chi connectivity index (χ0v) is 34.4. The molecule has 0 aromatic heterocycles. The summed E-state index contributed by atoms with van der Waals surface area (Å²) in [4.78, 5) is 0. The molecular formula is C49H62O12. The maximum atomic E-state index is 9.13. The fourth-order valence-corrected chi connectivity index (χ4v) is 5.05. The summed E-state index contributed by atoms with van der Waals surface area (Å²) in [6, 6.07) is 42.2. The van der Waals surface area contributed by atoms with Crippen LogP contribution in [0.5, 0.6) is 34.5 Å². The van der Waals surface area contributed by atoms with E-state index in [4.69, 9.17) is 61.3 Å². The Balaban J connectivity index is 0.000000366. The van der Waals surface area contributed by atoms with E-state index < -0.39 is 0 Å². The average Bonchev–Trinajstić information content (AvgIpc) is 3.26. The first-order valence-electron chi connectivity index (χ1n) is 19.8. The Labute approximate surface area is 358 Å². The van der Waals surface area contributed by atoms with Crippen molar-refractivity contribution >= 4 is 0 Å². The fraction of sp³-hybridized carbons (Fsp3) is 0.265. The van der Waals surface area contributed by atoms with Crippen LogP contribution in [0.1, 0.15) is 39.8 Å². The molecule has 6 aromatic carbocycles. The van der Waals surface area contributed by atoms with E-state index in [-0.39, 0.29) is 74.1 Å². The van der Waals surface area contributed by atoms with E-state index in [1.807, 2.05) is 54.6 Å². The van der Waals surface area contributed by atoms with E-state index in [0.717, 1.165) is 47.1 Å². The van der Waals surface area contributed by atoms with Crippen molar-refractivity contribution in [3.63, 3.8) is 0 Å². The van der Waals surface area contributed by atoms with Gasteiger partial charge in [0.1, 0.15) is 23.0 Å². The van der Waals surface area contributed by atoms with Gasteiger partial charge in [-0.05, 0) is 133 Å².